The van der Waals surface area contributed by atoms with Crippen molar-refractivity contribution >= 4 is 0 Å². The summed E-state index contributed by atoms with van der Waals surface area (Å²) in [6.07, 6.45) is 0.532. The molecule has 3 nitrogen and oxygen atoms in total. The molecule has 0 aliphatic heterocycles. The summed E-state index contributed by atoms with van der Waals surface area (Å²) in [6, 6.07) is 6.24. The molecule has 1 aliphatic rings. The minimum Gasteiger partial charge on any atom is -0.497 e. The largest absolute Gasteiger partial charge is 0.497 e. The van der Waals surface area contributed by atoms with Crippen molar-refractivity contribution in [1.29, 1.82) is 0 Å². The van der Waals surface area contributed by atoms with Crippen molar-refractivity contribution in [3.05, 3.63) is 29.3 Å². The molecule has 0 radical (unpaired) electrons. The van der Waals surface area contributed by atoms with Crippen LogP contribution in [0.15, 0.2) is 18.2 Å². The highest BCUT2D eigenvalue weighted by molar-refractivity contribution is 5.41. The lowest BCUT2D eigenvalue weighted by Crippen LogP contribution is -2.40. The van der Waals surface area contributed by atoms with E-state index in [0.717, 1.165) is 30.8 Å². The molecular formula is C16H25NO2. The van der Waals surface area contributed by atoms with Gasteiger partial charge in [-0.25, -0.2) is 0 Å². The molecule has 2 rings (SSSR count). The van der Waals surface area contributed by atoms with Gasteiger partial charge in [0.25, 0.3) is 0 Å². The molecule has 1 aliphatic carbocycles. The molecule has 0 bridgehead atoms. The Labute approximate surface area is 116 Å². The molecule has 2 atom stereocenters. The Bertz CT molecular complexity index is 431. The van der Waals surface area contributed by atoms with Gasteiger partial charge in [0, 0.05) is 12.6 Å². The zero-order valence-corrected chi connectivity index (χ0v) is 12.4. The smallest absolute Gasteiger partial charge is 0.119 e. The van der Waals surface area contributed by atoms with E-state index in [2.05, 4.69) is 31.7 Å². The molecule has 0 saturated heterocycles. The predicted molar refractivity (Wildman–Crippen MR) is 77.5 cm³/mol. The maximum absolute atomic E-state index is 10.6. The van der Waals surface area contributed by atoms with Crippen molar-refractivity contribution in [3.8, 4) is 5.75 Å². The van der Waals surface area contributed by atoms with E-state index in [0.29, 0.717) is 5.92 Å². The summed E-state index contributed by atoms with van der Waals surface area (Å²) in [5, 5.41) is 10.6. The van der Waals surface area contributed by atoms with E-state index in [1.165, 1.54) is 5.56 Å². The third-order valence-corrected chi connectivity index (χ3v) is 3.94. The first-order chi connectivity index (χ1) is 9.06. The maximum Gasteiger partial charge on any atom is 0.119 e. The van der Waals surface area contributed by atoms with Gasteiger partial charge in [0.05, 0.1) is 13.2 Å². The Hall–Kier alpha value is -1.06. The number of benzene rings is 1. The summed E-state index contributed by atoms with van der Waals surface area (Å²) in [5.74, 6) is 1.44. The van der Waals surface area contributed by atoms with E-state index >= 15 is 0 Å². The number of nitrogens with zero attached hydrogens (tertiary/aromatic N) is 1. The molecule has 0 fully saturated rings. The molecule has 0 heterocycles. The van der Waals surface area contributed by atoms with Crippen LogP contribution in [0.4, 0.5) is 0 Å². The van der Waals surface area contributed by atoms with E-state index < -0.39 is 6.10 Å². The molecule has 3 heteroatoms. The number of ether oxygens (including phenoxy) is 1. The summed E-state index contributed by atoms with van der Waals surface area (Å²) in [5.41, 5.74) is 2.28. The molecule has 106 valence electrons. The Balaban J connectivity index is 2.19. The minimum absolute atomic E-state index is 0.203. The average molecular weight is 263 g/mol. The summed E-state index contributed by atoms with van der Waals surface area (Å²) in [6.45, 7) is 8.62. The number of fused-ring (bicyclic) bond motifs is 1. The number of likely N-dealkylation sites (N-methyl/N-ethyl adjacent to an activating group) is 1. The number of rotatable bonds is 5. The van der Waals surface area contributed by atoms with Crippen molar-refractivity contribution in [2.24, 2.45) is 5.92 Å². The second-order valence-corrected chi connectivity index (χ2v) is 5.76. The zero-order chi connectivity index (χ0) is 14.0. The van der Waals surface area contributed by atoms with Gasteiger partial charge in [0.15, 0.2) is 0 Å². The monoisotopic (exact) mass is 263 g/mol. The van der Waals surface area contributed by atoms with E-state index in [1.807, 2.05) is 12.1 Å². The molecule has 0 amide bonds. The van der Waals surface area contributed by atoms with Gasteiger partial charge in [0.2, 0.25) is 0 Å². The molecule has 1 aromatic carbocycles. The first-order valence-electron chi connectivity index (χ1n) is 7.15. The van der Waals surface area contributed by atoms with Crippen LogP contribution in [0.3, 0.4) is 0 Å². The number of hydrogen-bond acceptors (Lipinski definition) is 3. The van der Waals surface area contributed by atoms with Gasteiger partial charge in [-0.2, -0.15) is 0 Å². The van der Waals surface area contributed by atoms with E-state index in [-0.39, 0.29) is 6.04 Å². The van der Waals surface area contributed by atoms with Gasteiger partial charge in [-0.1, -0.05) is 26.8 Å². The molecule has 2 unspecified atom stereocenters. The Morgan fingerprint density at radius 1 is 1.42 bits per heavy atom. The number of methoxy groups -OCH3 is 1. The van der Waals surface area contributed by atoms with Crippen molar-refractivity contribution in [1.82, 2.24) is 4.90 Å². The lowest BCUT2D eigenvalue weighted by Gasteiger charge is -2.31. The summed E-state index contributed by atoms with van der Waals surface area (Å²) in [7, 11) is 1.66. The Morgan fingerprint density at radius 2 is 2.16 bits per heavy atom. The van der Waals surface area contributed by atoms with Gasteiger partial charge < -0.3 is 9.84 Å². The first-order valence-corrected chi connectivity index (χ1v) is 7.15. The second-order valence-electron chi connectivity index (χ2n) is 5.76. The SMILES string of the molecule is CCN(CC(C)C)C1Cc2ccc(OC)cc2C1O. The highest BCUT2D eigenvalue weighted by Crippen LogP contribution is 2.36. The fourth-order valence-electron chi connectivity index (χ4n) is 3.00. The van der Waals surface area contributed by atoms with Gasteiger partial charge >= 0.3 is 0 Å². The Kier molecular flexibility index (Phi) is 4.48. The molecule has 0 aromatic heterocycles. The fraction of sp³-hybridized carbons (Fsp3) is 0.625. The first kappa shape index (κ1) is 14.4. The highest BCUT2D eigenvalue weighted by atomic mass is 16.5. The van der Waals surface area contributed by atoms with Gasteiger partial charge in [-0.3, -0.25) is 4.90 Å². The second kappa shape index (κ2) is 5.93. The predicted octanol–water partition coefficient (Wildman–Crippen LogP) is 2.63. The zero-order valence-electron chi connectivity index (χ0n) is 12.4. The molecule has 1 N–H and O–H groups in total. The normalized spacial score (nSPS) is 22.1. The minimum atomic E-state index is -0.399. The van der Waals surface area contributed by atoms with Gasteiger partial charge in [-0.15, -0.1) is 0 Å². The van der Waals surface area contributed by atoms with Crippen LogP contribution in [0.2, 0.25) is 0 Å². The average Bonchev–Trinajstić information content (AvgIpc) is 2.72. The highest BCUT2D eigenvalue weighted by Gasteiger charge is 2.34. The van der Waals surface area contributed by atoms with Crippen LogP contribution in [-0.2, 0) is 6.42 Å². The van der Waals surface area contributed by atoms with Gasteiger partial charge in [0.1, 0.15) is 5.75 Å². The van der Waals surface area contributed by atoms with E-state index in [9.17, 15) is 5.11 Å². The molecule has 1 aromatic rings. The summed E-state index contributed by atoms with van der Waals surface area (Å²) in [4.78, 5) is 2.39. The fourth-order valence-corrected chi connectivity index (χ4v) is 3.00. The van der Waals surface area contributed by atoms with Gasteiger partial charge in [-0.05, 0) is 42.1 Å². The molecule has 19 heavy (non-hydrogen) atoms. The van der Waals surface area contributed by atoms with Crippen molar-refractivity contribution < 1.29 is 9.84 Å². The van der Waals surface area contributed by atoms with Crippen molar-refractivity contribution in [2.75, 3.05) is 20.2 Å². The van der Waals surface area contributed by atoms with Crippen LogP contribution < -0.4 is 4.74 Å². The van der Waals surface area contributed by atoms with Crippen LogP contribution in [0.5, 0.6) is 5.75 Å². The third kappa shape index (κ3) is 2.93. The van der Waals surface area contributed by atoms with Crippen LogP contribution >= 0.6 is 0 Å². The molecule has 0 spiro atoms. The summed E-state index contributed by atoms with van der Waals surface area (Å²) < 4.78 is 5.25. The van der Waals surface area contributed by atoms with Crippen molar-refractivity contribution in [2.45, 2.75) is 39.3 Å². The number of aliphatic hydroxyl groups is 1. The van der Waals surface area contributed by atoms with E-state index in [4.69, 9.17) is 4.74 Å². The Morgan fingerprint density at radius 3 is 2.74 bits per heavy atom. The van der Waals surface area contributed by atoms with Crippen LogP contribution in [0.25, 0.3) is 0 Å². The number of aliphatic hydroxyl groups excluding tert-OH is 1. The van der Waals surface area contributed by atoms with Crippen LogP contribution in [0, 0.1) is 5.92 Å². The standard InChI is InChI=1S/C16H25NO2/c1-5-17(10-11(2)3)15-8-12-6-7-13(19-4)9-14(12)16(15)18/h6-7,9,11,15-16,18H,5,8,10H2,1-4H3. The molecular weight excluding hydrogens is 238 g/mol. The molecule has 0 saturated carbocycles. The lowest BCUT2D eigenvalue weighted by atomic mass is 10.1. The topological polar surface area (TPSA) is 32.7 Å². The summed E-state index contributed by atoms with van der Waals surface area (Å²) >= 11 is 0. The maximum atomic E-state index is 10.6. The van der Waals surface area contributed by atoms with Crippen LogP contribution in [0.1, 0.15) is 38.0 Å². The van der Waals surface area contributed by atoms with Crippen LogP contribution in [-0.4, -0.2) is 36.2 Å². The third-order valence-electron chi connectivity index (χ3n) is 3.94. The van der Waals surface area contributed by atoms with Crippen molar-refractivity contribution in [3.63, 3.8) is 0 Å². The number of hydrogen-bond donors (Lipinski definition) is 1. The quantitative estimate of drug-likeness (QED) is 0.886. The lowest BCUT2D eigenvalue weighted by molar-refractivity contribution is 0.0569. The van der Waals surface area contributed by atoms with E-state index in [1.54, 1.807) is 7.11 Å².